The van der Waals surface area contributed by atoms with E-state index in [2.05, 4.69) is 55.4 Å². The van der Waals surface area contributed by atoms with E-state index in [1.54, 1.807) is 0 Å². The first-order chi connectivity index (χ1) is 14.2. The van der Waals surface area contributed by atoms with Crippen LogP contribution in [0.2, 0.25) is 16.6 Å². The Hall–Kier alpha value is 0.0169. The first-order valence-electron chi connectivity index (χ1n) is 12.7. The van der Waals surface area contributed by atoms with E-state index < -0.39 is 49.7 Å². The van der Waals surface area contributed by atoms with Crippen LogP contribution < -0.4 is 0 Å². The van der Waals surface area contributed by atoms with Crippen LogP contribution in [-0.4, -0.2) is 58.8 Å². The number of fused-ring (bicyclic) bond motifs is 1. The fourth-order valence-electron chi connectivity index (χ4n) is 10.5. The summed E-state index contributed by atoms with van der Waals surface area (Å²) in [4.78, 5) is 0. The molecule has 1 spiro atoms. The van der Waals surface area contributed by atoms with Gasteiger partial charge in [0.1, 0.15) is 5.60 Å². The van der Waals surface area contributed by atoms with Gasteiger partial charge in [-0.15, -0.1) is 0 Å². The molecule has 0 aliphatic heterocycles. The Bertz CT molecular complexity index is 745. The van der Waals surface area contributed by atoms with Gasteiger partial charge >= 0.3 is 0 Å². The normalized spacial score (nSPS) is 54.1. The van der Waals surface area contributed by atoms with Crippen molar-refractivity contribution in [1.82, 2.24) is 0 Å². The minimum absolute atomic E-state index is 0.0620. The summed E-state index contributed by atoms with van der Waals surface area (Å²) in [5.74, 6) is 0.223. The average molecular weight is 453 g/mol. The van der Waals surface area contributed by atoms with Crippen molar-refractivity contribution in [1.29, 1.82) is 0 Å². The summed E-state index contributed by atoms with van der Waals surface area (Å²) >= 11 is 0. The van der Waals surface area contributed by atoms with Gasteiger partial charge in [0.05, 0.1) is 24.4 Å². The van der Waals surface area contributed by atoms with Crippen LogP contribution >= 0.6 is 0 Å². The van der Waals surface area contributed by atoms with Crippen molar-refractivity contribution in [2.45, 2.75) is 115 Å². The van der Waals surface area contributed by atoms with E-state index in [-0.39, 0.29) is 23.2 Å². The predicted octanol–water partition coefficient (Wildman–Crippen LogP) is 3.30. The van der Waals surface area contributed by atoms with Crippen LogP contribution in [0, 0.1) is 40.4 Å². The van der Waals surface area contributed by atoms with Crippen molar-refractivity contribution in [3.63, 3.8) is 0 Å². The zero-order chi connectivity index (χ0) is 23.0. The maximum atomic E-state index is 12.6. The first kappa shape index (κ1) is 22.8. The molecule has 6 fully saturated rings. The van der Waals surface area contributed by atoms with E-state index in [1.807, 2.05) is 0 Å². The summed E-state index contributed by atoms with van der Waals surface area (Å²) in [5, 5.41) is 46.2. The highest BCUT2D eigenvalue weighted by Gasteiger charge is 2.90. The molecule has 0 aromatic heterocycles. The second-order valence-electron chi connectivity index (χ2n) is 13.5. The van der Waals surface area contributed by atoms with Gasteiger partial charge in [0.2, 0.25) is 8.32 Å². The summed E-state index contributed by atoms with van der Waals surface area (Å²) < 4.78 is 7.31. The number of aliphatic hydroxyl groups is 4. The third-order valence-electron chi connectivity index (χ3n) is 11.1. The molecule has 0 aromatic rings. The summed E-state index contributed by atoms with van der Waals surface area (Å²) in [5.41, 5.74) is -0.933. The molecular formula is C25H44O5Si. The lowest BCUT2D eigenvalue weighted by atomic mass is 9.67. The van der Waals surface area contributed by atoms with E-state index >= 15 is 0 Å². The highest BCUT2D eigenvalue weighted by Crippen LogP contribution is 2.85. The zero-order valence-corrected chi connectivity index (χ0v) is 21.5. The summed E-state index contributed by atoms with van der Waals surface area (Å²) in [6, 6.07) is 0. The topological polar surface area (TPSA) is 90.2 Å². The van der Waals surface area contributed by atoms with Crippen molar-refractivity contribution < 1.29 is 24.9 Å². The number of rotatable bonds is 5. The van der Waals surface area contributed by atoms with Gasteiger partial charge in [-0.1, -0.05) is 55.4 Å². The molecule has 31 heavy (non-hydrogen) atoms. The molecule has 6 heteroatoms. The van der Waals surface area contributed by atoms with Crippen molar-refractivity contribution >= 4 is 8.32 Å². The first-order valence-corrected chi connectivity index (χ1v) is 14.8. The maximum Gasteiger partial charge on any atom is 0.200 e. The second-order valence-corrected chi connectivity index (χ2v) is 18.9. The molecule has 0 aromatic carbocycles. The van der Waals surface area contributed by atoms with Gasteiger partial charge in [-0.25, -0.2) is 0 Å². The Balaban J connectivity index is 1.65. The molecule has 6 aliphatic carbocycles. The standard InChI is InChI=1S/C25H44O5Si/c1-11(2)31(12(3)4,13(5)6)30-22-23(7,8)10-24-15-9-14-16(18(14)24)19(26)20(27)17(15)21(28)25(22,24)29/h11-22,26-29H,9-10H2,1-8H3/t14-,15+,16+,17+,18+,19-,20-,21-,22-,24-,25+/m1/s1. The summed E-state index contributed by atoms with van der Waals surface area (Å²) in [6.07, 6.45) is -1.53. The quantitative estimate of drug-likeness (QED) is 0.481. The lowest BCUT2D eigenvalue weighted by molar-refractivity contribution is -0.189. The van der Waals surface area contributed by atoms with Gasteiger partial charge in [-0.2, -0.15) is 0 Å². The Morgan fingerprint density at radius 2 is 1.39 bits per heavy atom. The zero-order valence-electron chi connectivity index (χ0n) is 20.5. The van der Waals surface area contributed by atoms with Crippen molar-refractivity contribution in [2.75, 3.05) is 0 Å². The number of aliphatic hydroxyl groups excluding tert-OH is 3. The third-order valence-corrected chi connectivity index (χ3v) is 17.1. The molecule has 4 N–H and O–H groups in total. The van der Waals surface area contributed by atoms with Crippen LogP contribution in [0.3, 0.4) is 0 Å². The molecule has 11 atom stereocenters. The molecule has 0 saturated heterocycles. The maximum absolute atomic E-state index is 12.6. The minimum atomic E-state index is -2.31. The van der Waals surface area contributed by atoms with Crippen molar-refractivity contribution in [3.05, 3.63) is 0 Å². The van der Waals surface area contributed by atoms with Gasteiger partial charge < -0.3 is 24.9 Å². The monoisotopic (exact) mass is 452 g/mol. The molecule has 6 rings (SSSR count). The number of hydrogen-bond donors (Lipinski definition) is 4. The molecule has 6 saturated carbocycles. The highest BCUT2D eigenvalue weighted by molar-refractivity contribution is 6.77. The van der Waals surface area contributed by atoms with E-state index in [9.17, 15) is 20.4 Å². The lowest BCUT2D eigenvalue weighted by Gasteiger charge is -2.51. The Labute approximate surface area is 188 Å². The minimum Gasteiger partial charge on any atom is -0.410 e. The van der Waals surface area contributed by atoms with E-state index in [1.165, 1.54) is 0 Å². The predicted molar refractivity (Wildman–Crippen MR) is 122 cm³/mol. The fraction of sp³-hybridized carbons (Fsp3) is 1.00. The van der Waals surface area contributed by atoms with Crippen LogP contribution in [0.5, 0.6) is 0 Å². The molecule has 0 radical (unpaired) electrons. The molecule has 6 aliphatic rings. The van der Waals surface area contributed by atoms with Gasteiger partial charge in [0.25, 0.3) is 0 Å². The summed E-state index contributed by atoms with van der Waals surface area (Å²) in [6.45, 7) is 18.0. The molecular weight excluding hydrogens is 408 g/mol. The molecule has 6 bridgehead atoms. The van der Waals surface area contributed by atoms with Crippen LogP contribution in [0.25, 0.3) is 0 Å². The molecule has 5 nitrogen and oxygen atoms in total. The molecule has 178 valence electrons. The van der Waals surface area contributed by atoms with Crippen molar-refractivity contribution in [3.8, 4) is 0 Å². The van der Waals surface area contributed by atoms with E-state index in [0.29, 0.717) is 22.5 Å². The third kappa shape index (κ3) is 2.26. The van der Waals surface area contributed by atoms with E-state index in [0.717, 1.165) is 12.8 Å². The summed E-state index contributed by atoms with van der Waals surface area (Å²) in [7, 11) is -2.31. The van der Waals surface area contributed by atoms with Gasteiger partial charge in [-0.3, -0.25) is 0 Å². The molecule has 0 amide bonds. The smallest absolute Gasteiger partial charge is 0.200 e. The van der Waals surface area contributed by atoms with Crippen LogP contribution in [0.15, 0.2) is 0 Å². The molecule has 0 heterocycles. The fourth-order valence-corrected chi connectivity index (χ4v) is 16.2. The average Bonchev–Trinajstić information content (AvgIpc) is 3.21. The number of hydrogen-bond acceptors (Lipinski definition) is 5. The van der Waals surface area contributed by atoms with Crippen LogP contribution in [-0.2, 0) is 4.43 Å². The van der Waals surface area contributed by atoms with Crippen LogP contribution in [0.1, 0.15) is 68.2 Å². The molecule has 0 unspecified atom stereocenters. The lowest BCUT2D eigenvalue weighted by Crippen LogP contribution is -2.64. The second kappa shape index (κ2) is 6.36. The SMILES string of the molecule is CC(C)[Si](O[C@@H]1C(C)(C)C[C@]23[C@H]4[C@@H]5C[C@H]2[C@@H]([C@@H](O)[C@H](O)[C@@H]54)[C@@H](O)[C@]13O)(C(C)C)C(C)C. The van der Waals surface area contributed by atoms with Crippen molar-refractivity contribution in [2.24, 2.45) is 40.4 Å². The Kier molecular flexibility index (Phi) is 4.68. The van der Waals surface area contributed by atoms with E-state index in [4.69, 9.17) is 4.43 Å². The van der Waals surface area contributed by atoms with Gasteiger partial charge in [0.15, 0.2) is 0 Å². The van der Waals surface area contributed by atoms with Crippen LogP contribution in [0.4, 0.5) is 0 Å². The Morgan fingerprint density at radius 1 is 0.871 bits per heavy atom. The van der Waals surface area contributed by atoms with Gasteiger partial charge in [0, 0.05) is 11.3 Å². The Morgan fingerprint density at radius 3 is 1.90 bits per heavy atom. The highest BCUT2D eigenvalue weighted by atomic mass is 28.4. The van der Waals surface area contributed by atoms with Gasteiger partial charge in [-0.05, 0) is 58.6 Å². The largest absolute Gasteiger partial charge is 0.410 e.